The molecule has 0 atom stereocenters. The number of hydrogen-bond donors (Lipinski definition) is 2. The summed E-state index contributed by atoms with van der Waals surface area (Å²) in [6.07, 6.45) is 13.2. The maximum atomic E-state index is 9.47. The highest BCUT2D eigenvalue weighted by Crippen LogP contribution is 2.37. The van der Waals surface area contributed by atoms with Gasteiger partial charge in [0.1, 0.15) is 40.7 Å². The Labute approximate surface area is 462 Å². The van der Waals surface area contributed by atoms with Crippen LogP contribution >= 0.6 is 47.3 Å². The van der Waals surface area contributed by atoms with E-state index >= 15 is 0 Å². The molecule has 3 aromatic carbocycles. The average molecular weight is 1140 g/mol. The van der Waals surface area contributed by atoms with Crippen molar-refractivity contribution in [2.75, 3.05) is 113 Å². The third-order valence-electron chi connectivity index (χ3n) is 12.1. The van der Waals surface area contributed by atoms with E-state index < -0.39 is 0 Å². The Morgan fingerprint density at radius 1 is 0.571 bits per heavy atom. The molecule has 0 unspecified atom stereocenters. The number of aromatic hydroxyl groups is 1. The van der Waals surface area contributed by atoms with Crippen LogP contribution in [0.4, 0.5) is 0 Å². The predicted molar refractivity (Wildman–Crippen MR) is 294 cm³/mol. The average Bonchev–Trinajstić information content (AvgIpc) is 3.94. The van der Waals surface area contributed by atoms with Crippen LogP contribution in [0.3, 0.4) is 0 Å². The molecule has 2 aliphatic rings. The Balaban J connectivity index is 0.000000167. The number of H-pyrrole nitrogens is 1. The van der Waals surface area contributed by atoms with Crippen LogP contribution < -0.4 is 28.4 Å². The van der Waals surface area contributed by atoms with Crippen LogP contribution in [0.5, 0.6) is 46.1 Å². The first kappa shape index (κ1) is 57.1. The number of rotatable bonds is 21. The first-order valence-corrected chi connectivity index (χ1v) is 27.3. The molecule has 2 fully saturated rings. The molecule has 0 amide bonds. The molecule has 0 radical (unpaired) electrons. The van der Waals surface area contributed by atoms with E-state index in [9.17, 15) is 5.11 Å². The fourth-order valence-corrected chi connectivity index (χ4v) is 8.82. The Hall–Kier alpha value is -6.07. The van der Waals surface area contributed by atoms with Gasteiger partial charge in [-0.1, -0.05) is 23.2 Å². The third kappa shape index (κ3) is 15.8. The highest BCUT2D eigenvalue weighted by atomic mass is 35.5. The molecule has 2 aliphatic heterocycles. The summed E-state index contributed by atoms with van der Waals surface area (Å²) in [4.78, 5) is 47.3. The molecule has 2 N–H and O–H groups in total. The highest BCUT2D eigenvalue weighted by Gasteiger charge is 2.20. The van der Waals surface area contributed by atoms with Gasteiger partial charge in [0, 0.05) is 143 Å². The number of hydrogen-bond acceptors (Lipinski definition) is 24. The van der Waals surface area contributed by atoms with E-state index in [0.717, 1.165) is 106 Å². The third-order valence-corrected chi connectivity index (χ3v) is 13.1. The quantitative estimate of drug-likeness (QED) is 0.0225. The van der Waals surface area contributed by atoms with E-state index in [1.807, 2.05) is 65.2 Å². The van der Waals surface area contributed by atoms with Crippen LogP contribution in [-0.2, 0) is 18.6 Å². The Bertz CT molecular complexity index is 3160. The molecule has 8 aromatic rings. The first-order valence-electron chi connectivity index (χ1n) is 24.2. The molecule has 410 valence electrons. The van der Waals surface area contributed by atoms with E-state index in [1.165, 1.54) is 56.2 Å². The monoisotopic (exact) mass is 1140 g/mol. The standard InChI is InChI=1S/C24H28N6O5S.C17H23ClN4O4S.C9H7ClN2O2/c1-31-21-13-19-20(27-16-28-24(19)33-18-12-17-4-5-25-23(17)26-15-18)14-22(21)32-11-3-6-29-7-9-30(10-8-29)34-35-36-2;1-23-15-10-13-14(19-12-20-17(13)18)11-16(15)24-9-3-4-21-5-7-22(8-6-21)25-26-27-2;1-14-8-2-5-6(3-7(8)13)11-4-12-9(5)10/h4-5,12-16H,3,6-11H2,1-2H3,(H,25,26);10-12H,3-9H2,1-2H3;2-4,13H,1H3. The van der Waals surface area contributed by atoms with E-state index in [1.54, 1.807) is 26.5 Å². The molecule has 77 heavy (non-hydrogen) atoms. The summed E-state index contributed by atoms with van der Waals surface area (Å²) in [5.41, 5.74) is 2.82. The van der Waals surface area contributed by atoms with Gasteiger partial charge in [-0.15, -0.1) is 18.6 Å². The lowest BCUT2D eigenvalue weighted by Crippen LogP contribution is -2.46. The number of aromatic nitrogens is 8. The number of halogens is 2. The number of hydroxylamine groups is 4. The maximum Gasteiger partial charge on any atom is 0.230 e. The zero-order valence-corrected chi connectivity index (χ0v) is 46.1. The molecule has 2 saturated heterocycles. The molecule has 0 spiro atoms. The molecule has 10 rings (SSSR count). The summed E-state index contributed by atoms with van der Waals surface area (Å²) in [7, 11) is 4.69. The summed E-state index contributed by atoms with van der Waals surface area (Å²) in [5, 5.41) is 17.0. The number of fused-ring (bicyclic) bond motifs is 4. The van der Waals surface area contributed by atoms with Crippen LogP contribution in [0.1, 0.15) is 12.8 Å². The van der Waals surface area contributed by atoms with Crippen molar-refractivity contribution in [3.05, 3.63) is 90.2 Å². The first-order chi connectivity index (χ1) is 37.7. The van der Waals surface area contributed by atoms with Crippen molar-refractivity contribution in [1.82, 2.24) is 59.8 Å². The minimum Gasteiger partial charge on any atom is -0.504 e. The van der Waals surface area contributed by atoms with Crippen molar-refractivity contribution in [3.8, 4) is 46.1 Å². The van der Waals surface area contributed by atoms with Gasteiger partial charge in [-0.25, -0.2) is 34.9 Å². The van der Waals surface area contributed by atoms with Gasteiger partial charge in [-0.2, -0.15) is 10.1 Å². The highest BCUT2D eigenvalue weighted by molar-refractivity contribution is 7.94. The Kier molecular flexibility index (Phi) is 21.6. The molecule has 0 bridgehead atoms. The second-order valence-corrected chi connectivity index (χ2v) is 18.5. The largest absolute Gasteiger partial charge is 0.504 e. The number of methoxy groups -OCH3 is 3. The number of nitrogens with zero attached hydrogens (tertiary/aromatic N) is 11. The minimum atomic E-state index is 0.0368. The topological polar surface area (TPSA) is 232 Å². The lowest BCUT2D eigenvalue weighted by atomic mass is 10.2. The lowest BCUT2D eigenvalue weighted by Gasteiger charge is -2.32. The van der Waals surface area contributed by atoms with Crippen molar-refractivity contribution < 1.29 is 52.2 Å². The van der Waals surface area contributed by atoms with E-state index in [4.69, 9.17) is 70.3 Å². The summed E-state index contributed by atoms with van der Waals surface area (Å²) in [6, 6.07) is 14.3. The van der Waals surface area contributed by atoms with Gasteiger partial charge in [-0.3, -0.25) is 0 Å². The molecule has 0 aliphatic carbocycles. The van der Waals surface area contributed by atoms with Gasteiger partial charge in [0.05, 0.1) is 62.7 Å². The number of benzene rings is 3. The van der Waals surface area contributed by atoms with Crippen molar-refractivity contribution in [2.45, 2.75) is 12.8 Å². The van der Waals surface area contributed by atoms with Crippen molar-refractivity contribution in [1.29, 1.82) is 0 Å². The molecule has 0 saturated carbocycles. The fraction of sp³-hybridized carbons (Fsp3) is 0.380. The normalized spacial score (nSPS) is 14.5. The van der Waals surface area contributed by atoms with Gasteiger partial charge in [-0.05, 0) is 43.2 Å². The molecule has 23 nitrogen and oxygen atoms in total. The number of piperazine rings is 2. The van der Waals surface area contributed by atoms with Crippen molar-refractivity contribution in [3.63, 3.8) is 0 Å². The summed E-state index contributed by atoms with van der Waals surface area (Å²) in [5.74, 6) is 3.92. The van der Waals surface area contributed by atoms with E-state index in [-0.39, 0.29) is 5.75 Å². The molecule has 27 heteroatoms. The van der Waals surface area contributed by atoms with Crippen LogP contribution in [-0.4, -0.2) is 177 Å². The van der Waals surface area contributed by atoms with Crippen LogP contribution in [0.15, 0.2) is 79.9 Å². The summed E-state index contributed by atoms with van der Waals surface area (Å²) in [6.45, 7) is 10.0. The number of pyridine rings is 1. The van der Waals surface area contributed by atoms with Crippen LogP contribution in [0.2, 0.25) is 10.3 Å². The number of phenols is 1. The van der Waals surface area contributed by atoms with Gasteiger partial charge < -0.3 is 48.3 Å². The fourth-order valence-electron chi connectivity index (χ4n) is 8.13. The van der Waals surface area contributed by atoms with E-state index in [2.05, 4.69) is 49.7 Å². The Morgan fingerprint density at radius 3 is 1.60 bits per heavy atom. The zero-order chi connectivity index (χ0) is 53.9. The predicted octanol–water partition coefficient (Wildman–Crippen LogP) is 8.65. The SMILES string of the molecule is COc1cc2c(Cl)ncnc2cc1O.COc1cc2c(Cl)ncnc2cc1OCCCN1CCN(OOSC)CC1.COc1cc2c(Oc3cnc4[nH]ccc4c3)ncnc2cc1OCCCN1CCN(OOSC)CC1. The summed E-state index contributed by atoms with van der Waals surface area (Å²) >= 11 is 14.4. The maximum absolute atomic E-state index is 9.47. The zero-order valence-electron chi connectivity index (χ0n) is 42.9. The van der Waals surface area contributed by atoms with Crippen LogP contribution in [0.25, 0.3) is 43.7 Å². The van der Waals surface area contributed by atoms with Gasteiger partial charge in [0.15, 0.2) is 34.5 Å². The molecular formula is C50H58Cl2N12O11S2. The van der Waals surface area contributed by atoms with Gasteiger partial charge in [0.2, 0.25) is 5.88 Å². The second kappa shape index (κ2) is 29.1. The van der Waals surface area contributed by atoms with Crippen molar-refractivity contribution >= 4 is 91.0 Å². The minimum absolute atomic E-state index is 0.0368. The van der Waals surface area contributed by atoms with Crippen LogP contribution in [0, 0.1) is 0 Å². The molecular weight excluding hydrogens is 1080 g/mol. The Morgan fingerprint density at radius 2 is 1.06 bits per heavy atom. The molecule has 5 aromatic heterocycles. The van der Waals surface area contributed by atoms with Gasteiger partial charge >= 0.3 is 0 Å². The number of nitrogens with one attached hydrogen (secondary N) is 1. The smallest absolute Gasteiger partial charge is 0.230 e. The van der Waals surface area contributed by atoms with E-state index in [0.29, 0.717) is 80.3 Å². The lowest BCUT2D eigenvalue weighted by molar-refractivity contribution is -0.365. The summed E-state index contributed by atoms with van der Waals surface area (Å²) < 4.78 is 43.8. The van der Waals surface area contributed by atoms with Gasteiger partial charge in [0.25, 0.3) is 0 Å². The second-order valence-electron chi connectivity index (χ2n) is 16.8. The number of aromatic amines is 1. The number of phenolic OH excluding ortho intramolecular Hbond substituents is 1. The van der Waals surface area contributed by atoms with Crippen molar-refractivity contribution in [2.24, 2.45) is 0 Å². The number of ether oxygens (including phenoxy) is 6. The molecule has 7 heterocycles.